The standard InChI is InChI=1S/C21H10N4O/c26-21-12-6-2-1-5-11(12)17-20(21)25-19-14-8-4-10-23-16(14)15-13(18(19)24-17)7-3-9-22-15/h1-10H. The zero-order valence-corrected chi connectivity index (χ0v) is 13.5. The molecule has 120 valence electrons. The molecule has 0 atom stereocenters. The normalized spacial score (nSPS) is 12.7. The second kappa shape index (κ2) is 4.67. The third-order valence-corrected chi connectivity index (χ3v) is 4.89. The van der Waals surface area contributed by atoms with Gasteiger partial charge in [0.05, 0.1) is 22.1 Å². The van der Waals surface area contributed by atoms with Crippen LogP contribution < -0.4 is 0 Å². The van der Waals surface area contributed by atoms with Gasteiger partial charge in [-0.15, -0.1) is 0 Å². The average molecular weight is 334 g/mol. The quantitative estimate of drug-likeness (QED) is 0.394. The Balaban J connectivity index is 1.88. The number of rotatable bonds is 0. The van der Waals surface area contributed by atoms with Crippen molar-refractivity contribution in [3.05, 3.63) is 72.2 Å². The van der Waals surface area contributed by atoms with E-state index < -0.39 is 0 Å². The van der Waals surface area contributed by atoms with Gasteiger partial charge in [-0.05, 0) is 24.3 Å². The number of carbonyl (C=O) groups is 1. The van der Waals surface area contributed by atoms with E-state index in [1.807, 2.05) is 48.5 Å². The van der Waals surface area contributed by atoms with Gasteiger partial charge >= 0.3 is 0 Å². The summed E-state index contributed by atoms with van der Waals surface area (Å²) in [4.78, 5) is 31.4. The van der Waals surface area contributed by atoms with E-state index in [2.05, 4.69) is 9.97 Å². The zero-order valence-electron chi connectivity index (χ0n) is 13.5. The molecule has 26 heavy (non-hydrogen) atoms. The molecular formula is C21H10N4O. The molecular weight excluding hydrogens is 324 g/mol. The van der Waals surface area contributed by atoms with Gasteiger partial charge < -0.3 is 0 Å². The fraction of sp³-hybridized carbons (Fsp3) is 0. The maximum atomic E-state index is 12.8. The van der Waals surface area contributed by atoms with Gasteiger partial charge in [0.1, 0.15) is 11.4 Å². The van der Waals surface area contributed by atoms with Gasteiger partial charge in [0.15, 0.2) is 0 Å². The van der Waals surface area contributed by atoms with Crippen LogP contribution in [-0.2, 0) is 0 Å². The summed E-state index contributed by atoms with van der Waals surface area (Å²) in [6.07, 6.45) is 3.49. The molecule has 0 radical (unpaired) electrons. The van der Waals surface area contributed by atoms with Gasteiger partial charge in [-0.2, -0.15) is 0 Å². The molecule has 0 amide bonds. The van der Waals surface area contributed by atoms with Crippen LogP contribution in [0.5, 0.6) is 0 Å². The molecule has 3 heterocycles. The minimum atomic E-state index is -0.0756. The molecule has 5 aromatic rings. The molecule has 5 heteroatoms. The lowest BCUT2D eigenvalue weighted by Crippen LogP contribution is -2.01. The predicted molar refractivity (Wildman–Crippen MR) is 99.0 cm³/mol. The van der Waals surface area contributed by atoms with E-state index in [4.69, 9.17) is 9.97 Å². The Morgan fingerprint density at radius 3 is 1.81 bits per heavy atom. The molecule has 0 saturated heterocycles. The third kappa shape index (κ3) is 1.57. The summed E-state index contributed by atoms with van der Waals surface area (Å²) in [7, 11) is 0. The van der Waals surface area contributed by atoms with Crippen LogP contribution in [0.1, 0.15) is 16.1 Å². The predicted octanol–water partition coefficient (Wildman–Crippen LogP) is 3.94. The summed E-state index contributed by atoms with van der Waals surface area (Å²) in [5, 5.41) is 1.74. The highest BCUT2D eigenvalue weighted by Gasteiger charge is 2.30. The smallest absolute Gasteiger partial charge is 0.214 e. The van der Waals surface area contributed by atoms with Crippen LogP contribution in [0, 0.1) is 0 Å². The molecule has 0 saturated carbocycles. The molecule has 0 bridgehead atoms. The van der Waals surface area contributed by atoms with Crippen molar-refractivity contribution in [1.82, 2.24) is 19.9 Å². The van der Waals surface area contributed by atoms with Crippen LogP contribution in [0.4, 0.5) is 0 Å². The maximum Gasteiger partial charge on any atom is 0.214 e. The van der Waals surface area contributed by atoms with Crippen molar-refractivity contribution in [1.29, 1.82) is 0 Å². The van der Waals surface area contributed by atoms with Crippen molar-refractivity contribution in [3.8, 4) is 11.3 Å². The summed E-state index contributed by atoms with van der Waals surface area (Å²) < 4.78 is 0. The lowest BCUT2D eigenvalue weighted by atomic mass is 10.1. The van der Waals surface area contributed by atoms with Crippen LogP contribution in [0.25, 0.3) is 44.1 Å². The Bertz CT molecular complexity index is 1410. The highest BCUT2D eigenvalue weighted by atomic mass is 16.1. The molecule has 1 aliphatic carbocycles. The summed E-state index contributed by atoms with van der Waals surface area (Å²) in [5.41, 5.74) is 5.55. The van der Waals surface area contributed by atoms with Crippen molar-refractivity contribution in [2.24, 2.45) is 0 Å². The topological polar surface area (TPSA) is 68.6 Å². The van der Waals surface area contributed by atoms with Gasteiger partial charge in [0.25, 0.3) is 0 Å². The first-order valence-electron chi connectivity index (χ1n) is 8.30. The van der Waals surface area contributed by atoms with E-state index in [0.717, 1.165) is 32.9 Å². The molecule has 0 N–H and O–H groups in total. The Labute approximate surface area is 147 Å². The fourth-order valence-electron chi connectivity index (χ4n) is 3.74. The Morgan fingerprint density at radius 1 is 0.577 bits per heavy atom. The van der Waals surface area contributed by atoms with Crippen LogP contribution in [0.2, 0.25) is 0 Å². The third-order valence-electron chi connectivity index (χ3n) is 4.89. The summed E-state index contributed by atoms with van der Waals surface area (Å²) in [6, 6.07) is 15.2. The highest BCUT2D eigenvalue weighted by Crippen LogP contribution is 2.38. The number of hydrogen-bond donors (Lipinski definition) is 0. The summed E-state index contributed by atoms with van der Waals surface area (Å²) in [5.74, 6) is -0.0756. The zero-order chi connectivity index (χ0) is 17.3. The number of nitrogens with zero attached hydrogens (tertiary/aromatic N) is 4. The molecule has 0 aliphatic heterocycles. The summed E-state index contributed by atoms with van der Waals surface area (Å²) >= 11 is 0. The van der Waals surface area contributed by atoms with Gasteiger partial charge in [-0.25, -0.2) is 9.97 Å². The van der Waals surface area contributed by atoms with Gasteiger partial charge in [-0.3, -0.25) is 14.8 Å². The molecule has 0 spiro atoms. The number of pyridine rings is 2. The number of carbonyl (C=O) groups excluding carboxylic acids is 1. The van der Waals surface area contributed by atoms with E-state index in [-0.39, 0.29) is 5.78 Å². The van der Waals surface area contributed by atoms with E-state index in [0.29, 0.717) is 22.5 Å². The minimum absolute atomic E-state index is 0.0756. The van der Waals surface area contributed by atoms with E-state index >= 15 is 0 Å². The second-order valence-corrected chi connectivity index (χ2v) is 6.29. The van der Waals surface area contributed by atoms with Crippen LogP contribution in [0.15, 0.2) is 60.9 Å². The largest absolute Gasteiger partial charge is 0.287 e. The first kappa shape index (κ1) is 13.5. The summed E-state index contributed by atoms with van der Waals surface area (Å²) in [6.45, 7) is 0. The number of aromatic nitrogens is 4. The molecule has 5 nitrogen and oxygen atoms in total. The number of ketones is 1. The maximum absolute atomic E-state index is 12.8. The highest BCUT2D eigenvalue weighted by molar-refractivity contribution is 6.24. The minimum Gasteiger partial charge on any atom is -0.287 e. The average Bonchev–Trinajstić information content (AvgIpc) is 2.99. The number of benzene rings is 2. The number of hydrogen-bond acceptors (Lipinski definition) is 5. The van der Waals surface area contributed by atoms with Crippen LogP contribution in [0.3, 0.4) is 0 Å². The Morgan fingerprint density at radius 2 is 1.15 bits per heavy atom. The Kier molecular flexibility index (Phi) is 2.43. The van der Waals surface area contributed by atoms with Crippen LogP contribution in [-0.4, -0.2) is 25.7 Å². The second-order valence-electron chi connectivity index (χ2n) is 6.29. The lowest BCUT2D eigenvalue weighted by Gasteiger charge is -2.09. The Hall–Kier alpha value is -3.73. The van der Waals surface area contributed by atoms with Crippen LogP contribution >= 0.6 is 0 Å². The molecule has 3 aromatic heterocycles. The van der Waals surface area contributed by atoms with Crippen molar-refractivity contribution >= 4 is 38.6 Å². The fourth-order valence-corrected chi connectivity index (χ4v) is 3.74. The lowest BCUT2D eigenvalue weighted by molar-refractivity contribution is 0.103. The van der Waals surface area contributed by atoms with Crippen molar-refractivity contribution < 1.29 is 4.79 Å². The molecule has 0 unspecified atom stereocenters. The van der Waals surface area contributed by atoms with Gasteiger partial charge in [-0.1, -0.05) is 24.3 Å². The first-order chi connectivity index (χ1) is 12.8. The van der Waals surface area contributed by atoms with Gasteiger partial charge in [0, 0.05) is 34.3 Å². The van der Waals surface area contributed by atoms with Crippen molar-refractivity contribution in [3.63, 3.8) is 0 Å². The van der Waals surface area contributed by atoms with Crippen molar-refractivity contribution in [2.45, 2.75) is 0 Å². The van der Waals surface area contributed by atoms with E-state index in [1.54, 1.807) is 12.4 Å². The molecule has 6 rings (SSSR count). The molecule has 2 aromatic carbocycles. The first-order valence-corrected chi connectivity index (χ1v) is 8.30. The van der Waals surface area contributed by atoms with Crippen molar-refractivity contribution in [2.75, 3.05) is 0 Å². The van der Waals surface area contributed by atoms with E-state index in [1.165, 1.54) is 0 Å². The SMILES string of the molecule is O=C1c2ccccc2-c2nc3c4cccnc4c4ncccc4c3nc21. The van der Waals surface area contributed by atoms with E-state index in [9.17, 15) is 4.79 Å². The molecule has 1 aliphatic rings. The number of fused-ring (bicyclic) bond motifs is 9. The molecule has 0 fully saturated rings. The van der Waals surface area contributed by atoms with Gasteiger partial charge in [0.2, 0.25) is 5.78 Å². The monoisotopic (exact) mass is 334 g/mol.